The summed E-state index contributed by atoms with van der Waals surface area (Å²) in [5.74, 6) is 0.494. The molecule has 0 saturated carbocycles. The molecule has 8 heteroatoms. The average Bonchev–Trinajstić information content (AvgIpc) is 3.29. The number of thioether (sulfide) groups is 1. The van der Waals surface area contributed by atoms with Crippen LogP contribution in [0, 0.1) is 5.82 Å². The smallest absolute Gasteiger partial charge is 0.329 e. The van der Waals surface area contributed by atoms with E-state index in [-0.39, 0.29) is 30.3 Å². The molecule has 0 spiro atoms. The molecule has 0 radical (unpaired) electrons. The predicted octanol–water partition coefficient (Wildman–Crippen LogP) is 3.00. The van der Waals surface area contributed by atoms with Crippen LogP contribution in [0.2, 0.25) is 0 Å². The van der Waals surface area contributed by atoms with Crippen LogP contribution in [0.15, 0.2) is 47.1 Å². The van der Waals surface area contributed by atoms with Crippen LogP contribution in [0.4, 0.5) is 4.39 Å². The largest absolute Gasteiger partial charge is 0.490 e. The van der Waals surface area contributed by atoms with Crippen molar-refractivity contribution in [2.24, 2.45) is 0 Å². The summed E-state index contributed by atoms with van der Waals surface area (Å²) >= 11 is 1.45. The topological polar surface area (TPSA) is 69.0 Å². The van der Waals surface area contributed by atoms with Gasteiger partial charge in [-0.25, -0.2) is 9.18 Å². The van der Waals surface area contributed by atoms with Gasteiger partial charge < -0.3 is 18.8 Å². The molecular formula is C18H18FNO5S. The Morgan fingerprint density at radius 3 is 2.69 bits per heavy atom. The molecular weight excluding hydrogens is 361 g/mol. The monoisotopic (exact) mass is 379 g/mol. The first-order valence-corrected chi connectivity index (χ1v) is 9.10. The Hall–Kier alpha value is -2.48. The van der Waals surface area contributed by atoms with Crippen molar-refractivity contribution in [3.63, 3.8) is 0 Å². The highest BCUT2D eigenvalue weighted by atomic mass is 32.2. The van der Waals surface area contributed by atoms with Gasteiger partial charge in [-0.3, -0.25) is 4.79 Å². The highest BCUT2D eigenvalue weighted by Crippen LogP contribution is 2.41. The number of halogens is 1. The lowest BCUT2D eigenvalue weighted by atomic mass is 10.2. The Bertz CT molecular complexity index is 749. The average molecular weight is 379 g/mol. The van der Waals surface area contributed by atoms with Crippen molar-refractivity contribution in [2.45, 2.75) is 18.3 Å². The zero-order chi connectivity index (χ0) is 18.5. The summed E-state index contributed by atoms with van der Waals surface area (Å²) in [6.45, 7) is 1.59. The Kier molecular flexibility index (Phi) is 5.82. The van der Waals surface area contributed by atoms with Gasteiger partial charge in [-0.2, -0.15) is 0 Å². The van der Waals surface area contributed by atoms with Crippen LogP contribution < -0.4 is 4.74 Å². The van der Waals surface area contributed by atoms with Crippen LogP contribution in [0.25, 0.3) is 0 Å². The molecule has 0 N–H and O–H groups in total. The van der Waals surface area contributed by atoms with Gasteiger partial charge in [0.25, 0.3) is 0 Å². The number of rotatable bonds is 6. The number of carbonyl (C=O) groups excluding carboxylic acids is 2. The Balaban J connectivity index is 1.52. The standard InChI is InChI=1S/C18H18FNO5S/c1-12(21)20-15(11-26-17(20)16-3-2-8-24-16)18(22)25-10-9-23-14-6-4-13(19)5-7-14/h2-8,15,17H,9-11H2,1H3/t15-,17+/m1/s1. The van der Waals surface area contributed by atoms with Crippen molar-refractivity contribution >= 4 is 23.6 Å². The van der Waals surface area contributed by atoms with E-state index in [2.05, 4.69) is 0 Å². The van der Waals surface area contributed by atoms with Gasteiger partial charge in [0.05, 0.1) is 6.26 Å². The predicted molar refractivity (Wildman–Crippen MR) is 93.1 cm³/mol. The number of benzene rings is 1. The first-order chi connectivity index (χ1) is 12.6. The summed E-state index contributed by atoms with van der Waals surface area (Å²) < 4.78 is 28.8. The van der Waals surface area contributed by atoms with Gasteiger partial charge >= 0.3 is 5.97 Å². The molecule has 1 aliphatic rings. The Morgan fingerprint density at radius 2 is 2.04 bits per heavy atom. The minimum Gasteiger partial charge on any atom is -0.490 e. The second kappa shape index (κ2) is 8.27. The molecule has 138 valence electrons. The molecule has 26 heavy (non-hydrogen) atoms. The highest BCUT2D eigenvalue weighted by molar-refractivity contribution is 7.99. The number of ether oxygens (including phenoxy) is 2. The maximum Gasteiger partial charge on any atom is 0.329 e. The number of esters is 1. The van der Waals surface area contributed by atoms with Crippen molar-refractivity contribution in [3.05, 3.63) is 54.2 Å². The third-order valence-electron chi connectivity index (χ3n) is 3.83. The van der Waals surface area contributed by atoms with Gasteiger partial charge in [0.1, 0.15) is 42.0 Å². The normalized spacial score (nSPS) is 19.4. The lowest BCUT2D eigenvalue weighted by Gasteiger charge is -2.25. The van der Waals surface area contributed by atoms with E-state index in [4.69, 9.17) is 13.9 Å². The minimum atomic E-state index is -0.668. The second-order valence-electron chi connectivity index (χ2n) is 5.61. The fourth-order valence-corrected chi connectivity index (χ4v) is 4.07. The maximum absolute atomic E-state index is 12.8. The molecule has 0 aliphatic carbocycles. The first-order valence-electron chi connectivity index (χ1n) is 8.05. The van der Waals surface area contributed by atoms with Crippen LogP contribution in [0.3, 0.4) is 0 Å². The van der Waals surface area contributed by atoms with Crippen molar-refractivity contribution < 1.29 is 27.9 Å². The molecule has 1 aromatic heterocycles. The van der Waals surface area contributed by atoms with E-state index < -0.39 is 12.0 Å². The molecule has 1 saturated heterocycles. The van der Waals surface area contributed by atoms with Gasteiger partial charge in [-0.05, 0) is 36.4 Å². The summed E-state index contributed by atoms with van der Waals surface area (Å²) in [5.41, 5.74) is 0. The molecule has 3 rings (SSSR count). The Labute approximate surface area is 154 Å². The van der Waals surface area contributed by atoms with Crippen LogP contribution >= 0.6 is 11.8 Å². The molecule has 2 aromatic rings. The van der Waals surface area contributed by atoms with Gasteiger partial charge in [0, 0.05) is 12.7 Å². The van der Waals surface area contributed by atoms with E-state index in [0.717, 1.165) is 0 Å². The van der Waals surface area contributed by atoms with Gasteiger partial charge in [-0.1, -0.05) is 0 Å². The summed E-state index contributed by atoms with van der Waals surface area (Å²) in [6.07, 6.45) is 1.53. The van der Waals surface area contributed by atoms with Gasteiger partial charge in [0.15, 0.2) is 0 Å². The molecule has 1 aliphatic heterocycles. The zero-order valence-corrected chi connectivity index (χ0v) is 14.9. The van der Waals surface area contributed by atoms with E-state index in [1.807, 2.05) is 0 Å². The molecule has 0 unspecified atom stereocenters. The van der Waals surface area contributed by atoms with Crippen LogP contribution in [-0.2, 0) is 14.3 Å². The van der Waals surface area contributed by atoms with E-state index in [1.165, 1.54) is 54.1 Å². The quantitative estimate of drug-likeness (QED) is 0.568. The molecule has 0 bridgehead atoms. The third kappa shape index (κ3) is 4.19. The molecule has 1 aromatic carbocycles. The van der Waals surface area contributed by atoms with E-state index >= 15 is 0 Å². The minimum absolute atomic E-state index is 0.0362. The third-order valence-corrected chi connectivity index (χ3v) is 5.12. The first kappa shape index (κ1) is 18.3. The number of amides is 1. The second-order valence-corrected chi connectivity index (χ2v) is 6.73. The lowest BCUT2D eigenvalue weighted by Crippen LogP contribution is -2.43. The van der Waals surface area contributed by atoms with Gasteiger partial charge in [0.2, 0.25) is 5.91 Å². The number of furan rings is 1. The summed E-state index contributed by atoms with van der Waals surface area (Å²) in [6, 6.07) is 8.42. The van der Waals surface area contributed by atoms with Crippen molar-refractivity contribution in [2.75, 3.05) is 19.0 Å². The number of hydrogen-bond donors (Lipinski definition) is 0. The van der Waals surface area contributed by atoms with Crippen LogP contribution in [0.5, 0.6) is 5.75 Å². The van der Waals surface area contributed by atoms with Crippen LogP contribution in [-0.4, -0.2) is 41.8 Å². The van der Waals surface area contributed by atoms with E-state index in [9.17, 15) is 14.0 Å². The molecule has 6 nitrogen and oxygen atoms in total. The maximum atomic E-state index is 12.8. The number of hydrogen-bond acceptors (Lipinski definition) is 6. The fourth-order valence-electron chi connectivity index (χ4n) is 2.65. The fraction of sp³-hybridized carbons (Fsp3) is 0.333. The van der Waals surface area contributed by atoms with Crippen molar-refractivity contribution in [1.29, 1.82) is 0 Å². The lowest BCUT2D eigenvalue weighted by molar-refractivity contribution is -0.154. The summed E-state index contributed by atoms with van der Waals surface area (Å²) in [7, 11) is 0. The van der Waals surface area contributed by atoms with Crippen molar-refractivity contribution in [1.82, 2.24) is 4.90 Å². The van der Waals surface area contributed by atoms with Gasteiger partial charge in [-0.15, -0.1) is 11.8 Å². The molecule has 2 atom stereocenters. The van der Waals surface area contributed by atoms with Crippen molar-refractivity contribution in [3.8, 4) is 5.75 Å². The molecule has 1 amide bonds. The zero-order valence-electron chi connectivity index (χ0n) is 14.1. The molecule has 2 heterocycles. The number of carbonyl (C=O) groups is 2. The van der Waals surface area contributed by atoms with E-state index in [1.54, 1.807) is 12.1 Å². The summed E-state index contributed by atoms with van der Waals surface area (Å²) in [5, 5.41) is -0.337. The van der Waals surface area contributed by atoms with Crippen LogP contribution in [0.1, 0.15) is 18.1 Å². The highest BCUT2D eigenvalue weighted by Gasteiger charge is 2.43. The Morgan fingerprint density at radius 1 is 1.27 bits per heavy atom. The number of nitrogens with zero attached hydrogens (tertiary/aromatic N) is 1. The SMILES string of the molecule is CC(=O)N1[C@@H](C(=O)OCCOc2ccc(F)cc2)CS[C@H]1c1ccco1. The summed E-state index contributed by atoms with van der Waals surface area (Å²) in [4.78, 5) is 25.9. The molecule has 1 fully saturated rings. The van der Waals surface area contributed by atoms with E-state index in [0.29, 0.717) is 17.3 Å².